The van der Waals surface area contributed by atoms with Gasteiger partial charge in [0.05, 0.1) is 9.89 Å². The molecule has 0 spiro atoms. The third-order valence-electron chi connectivity index (χ3n) is 3.29. The van der Waals surface area contributed by atoms with Gasteiger partial charge in [0, 0.05) is 10.8 Å². The van der Waals surface area contributed by atoms with Gasteiger partial charge in [-0.15, -0.1) is 11.3 Å². The molecule has 1 nitrogen and oxygen atoms in total. The highest BCUT2D eigenvalue weighted by molar-refractivity contribution is 9.11. The van der Waals surface area contributed by atoms with Gasteiger partial charge in [-0.05, 0) is 46.5 Å². The molecule has 1 heterocycles. The van der Waals surface area contributed by atoms with Crippen molar-refractivity contribution in [2.75, 3.05) is 0 Å². The molecule has 0 aliphatic heterocycles. The molecule has 0 amide bonds. The van der Waals surface area contributed by atoms with Crippen molar-refractivity contribution in [3.05, 3.63) is 56.2 Å². The van der Waals surface area contributed by atoms with E-state index in [4.69, 9.17) is 0 Å². The fraction of sp³-hybridized carbons (Fsp3) is 0.333. The number of hydrogen-bond acceptors (Lipinski definition) is 2. The third-order valence-corrected chi connectivity index (χ3v) is 4.86. The van der Waals surface area contributed by atoms with E-state index in [-0.39, 0.29) is 5.92 Å². The Balaban J connectivity index is 2.31. The molecule has 1 aromatic heterocycles. The second-order valence-corrected chi connectivity index (χ2v) is 7.07. The first kappa shape index (κ1) is 13.8. The molecular weight excluding hydrogens is 308 g/mol. The van der Waals surface area contributed by atoms with Crippen molar-refractivity contribution in [2.45, 2.75) is 32.3 Å². The molecule has 96 valence electrons. The van der Waals surface area contributed by atoms with E-state index < -0.39 is 6.10 Å². The molecular formula is C15H17BrOS. The first-order valence-electron chi connectivity index (χ1n) is 6.12. The summed E-state index contributed by atoms with van der Waals surface area (Å²) in [6.45, 7) is 4.18. The summed E-state index contributed by atoms with van der Waals surface area (Å²) < 4.78 is 1.08. The van der Waals surface area contributed by atoms with Crippen LogP contribution >= 0.6 is 27.3 Å². The number of aliphatic hydroxyl groups excluding tert-OH is 1. The van der Waals surface area contributed by atoms with Crippen molar-refractivity contribution in [1.82, 2.24) is 0 Å². The Hall–Kier alpha value is -0.640. The van der Waals surface area contributed by atoms with Gasteiger partial charge in [-0.1, -0.05) is 37.3 Å². The second-order valence-electron chi connectivity index (χ2n) is 4.43. The average molecular weight is 325 g/mol. The number of hydrogen-bond donors (Lipinski definition) is 1. The van der Waals surface area contributed by atoms with Gasteiger partial charge < -0.3 is 5.11 Å². The predicted octanol–water partition coefficient (Wildman–Crippen LogP) is 5.05. The Labute approximate surface area is 121 Å². The summed E-state index contributed by atoms with van der Waals surface area (Å²) in [5.41, 5.74) is 2.25. The quantitative estimate of drug-likeness (QED) is 0.834. The van der Waals surface area contributed by atoms with Crippen molar-refractivity contribution in [1.29, 1.82) is 0 Å². The van der Waals surface area contributed by atoms with Crippen LogP contribution in [-0.2, 0) is 0 Å². The van der Waals surface area contributed by atoms with Gasteiger partial charge in [0.25, 0.3) is 0 Å². The van der Waals surface area contributed by atoms with E-state index >= 15 is 0 Å². The Morgan fingerprint density at radius 1 is 1.28 bits per heavy atom. The fourth-order valence-corrected chi connectivity index (χ4v) is 4.06. The SMILES string of the molecule is CCC(c1ccccc1)C(O)c1cc(Br)sc1C. The van der Waals surface area contributed by atoms with Gasteiger partial charge in [0.2, 0.25) is 0 Å². The highest BCUT2D eigenvalue weighted by Crippen LogP contribution is 2.39. The van der Waals surface area contributed by atoms with Gasteiger partial charge in [0.15, 0.2) is 0 Å². The van der Waals surface area contributed by atoms with Crippen molar-refractivity contribution in [3.8, 4) is 0 Å². The Bertz CT molecular complexity index is 506. The standard InChI is InChI=1S/C15H17BrOS/c1-3-12(11-7-5-4-6-8-11)15(17)13-9-14(16)18-10(13)2/h4-9,12,15,17H,3H2,1-2H3. The summed E-state index contributed by atoms with van der Waals surface area (Å²) in [5, 5.41) is 10.6. The van der Waals surface area contributed by atoms with Gasteiger partial charge >= 0.3 is 0 Å². The summed E-state index contributed by atoms with van der Waals surface area (Å²) >= 11 is 5.16. The monoisotopic (exact) mass is 324 g/mol. The molecule has 18 heavy (non-hydrogen) atoms. The molecule has 2 rings (SSSR count). The lowest BCUT2D eigenvalue weighted by Gasteiger charge is -2.22. The van der Waals surface area contributed by atoms with Crippen LogP contribution in [0.2, 0.25) is 0 Å². The van der Waals surface area contributed by atoms with Crippen LogP contribution < -0.4 is 0 Å². The van der Waals surface area contributed by atoms with E-state index in [1.807, 2.05) is 24.3 Å². The van der Waals surface area contributed by atoms with E-state index in [0.717, 1.165) is 15.8 Å². The predicted molar refractivity (Wildman–Crippen MR) is 81.2 cm³/mol. The molecule has 0 fully saturated rings. The van der Waals surface area contributed by atoms with Gasteiger partial charge in [0.1, 0.15) is 0 Å². The first-order chi connectivity index (χ1) is 8.63. The maximum absolute atomic E-state index is 10.6. The lowest BCUT2D eigenvalue weighted by atomic mass is 9.87. The second kappa shape index (κ2) is 6.00. The smallest absolute Gasteiger partial charge is 0.0869 e. The van der Waals surface area contributed by atoms with Crippen molar-refractivity contribution in [2.24, 2.45) is 0 Å². The number of rotatable bonds is 4. The summed E-state index contributed by atoms with van der Waals surface area (Å²) in [7, 11) is 0. The molecule has 0 saturated heterocycles. The fourth-order valence-electron chi connectivity index (χ4n) is 2.31. The Kier molecular flexibility index (Phi) is 4.60. The van der Waals surface area contributed by atoms with Crippen LogP contribution in [-0.4, -0.2) is 5.11 Å². The summed E-state index contributed by atoms with van der Waals surface area (Å²) in [6.07, 6.45) is 0.498. The molecule has 0 radical (unpaired) electrons. The van der Waals surface area contributed by atoms with Crippen molar-refractivity contribution >= 4 is 27.3 Å². The molecule has 2 aromatic rings. The van der Waals surface area contributed by atoms with Crippen LogP contribution in [0, 0.1) is 6.92 Å². The lowest BCUT2D eigenvalue weighted by molar-refractivity contribution is 0.142. The summed E-state index contributed by atoms with van der Waals surface area (Å²) in [6, 6.07) is 12.3. The molecule has 3 heteroatoms. The zero-order valence-corrected chi connectivity index (χ0v) is 13.0. The number of thiophene rings is 1. The van der Waals surface area contributed by atoms with Crippen molar-refractivity contribution in [3.63, 3.8) is 0 Å². The lowest BCUT2D eigenvalue weighted by Crippen LogP contribution is -2.10. The zero-order valence-electron chi connectivity index (χ0n) is 10.6. The van der Waals surface area contributed by atoms with E-state index in [2.05, 4.69) is 41.9 Å². The number of benzene rings is 1. The molecule has 2 atom stereocenters. The van der Waals surface area contributed by atoms with E-state index in [0.29, 0.717) is 0 Å². The zero-order chi connectivity index (χ0) is 13.1. The molecule has 1 N–H and O–H groups in total. The number of aryl methyl sites for hydroxylation is 1. The molecule has 2 unspecified atom stereocenters. The minimum atomic E-state index is -0.431. The summed E-state index contributed by atoms with van der Waals surface area (Å²) in [5.74, 6) is 0.159. The normalized spacial score (nSPS) is 14.4. The number of halogens is 1. The largest absolute Gasteiger partial charge is 0.388 e. The third kappa shape index (κ3) is 2.85. The van der Waals surface area contributed by atoms with Gasteiger partial charge in [-0.25, -0.2) is 0 Å². The minimum Gasteiger partial charge on any atom is -0.388 e. The molecule has 0 bridgehead atoms. The van der Waals surface area contributed by atoms with E-state index in [1.54, 1.807) is 11.3 Å². The highest BCUT2D eigenvalue weighted by atomic mass is 79.9. The average Bonchev–Trinajstić information content (AvgIpc) is 2.70. The number of aliphatic hydroxyl groups is 1. The highest BCUT2D eigenvalue weighted by Gasteiger charge is 2.23. The Morgan fingerprint density at radius 2 is 1.94 bits per heavy atom. The van der Waals surface area contributed by atoms with Crippen LogP contribution in [0.3, 0.4) is 0 Å². The van der Waals surface area contributed by atoms with Crippen molar-refractivity contribution < 1.29 is 5.11 Å². The maximum atomic E-state index is 10.6. The minimum absolute atomic E-state index is 0.159. The summed E-state index contributed by atoms with van der Waals surface area (Å²) in [4.78, 5) is 1.18. The van der Waals surface area contributed by atoms with Crippen LogP contribution in [0.25, 0.3) is 0 Å². The van der Waals surface area contributed by atoms with Crippen LogP contribution in [0.15, 0.2) is 40.2 Å². The maximum Gasteiger partial charge on any atom is 0.0869 e. The van der Waals surface area contributed by atoms with Crippen LogP contribution in [0.5, 0.6) is 0 Å². The topological polar surface area (TPSA) is 20.2 Å². The van der Waals surface area contributed by atoms with E-state index in [1.165, 1.54) is 10.4 Å². The van der Waals surface area contributed by atoms with Crippen LogP contribution in [0.4, 0.5) is 0 Å². The Morgan fingerprint density at radius 3 is 2.44 bits per heavy atom. The molecule has 0 aliphatic carbocycles. The van der Waals surface area contributed by atoms with E-state index in [9.17, 15) is 5.11 Å². The molecule has 0 saturated carbocycles. The molecule has 1 aromatic carbocycles. The van der Waals surface area contributed by atoms with Gasteiger partial charge in [-0.2, -0.15) is 0 Å². The van der Waals surface area contributed by atoms with Gasteiger partial charge in [-0.3, -0.25) is 0 Å². The first-order valence-corrected chi connectivity index (χ1v) is 7.73. The van der Waals surface area contributed by atoms with Crippen LogP contribution in [0.1, 0.15) is 41.4 Å². The molecule has 0 aliphatic rings.